The van der Waals surface area contributed by atoms with E-state index >= 15 is 0 Å². The molecule has 2 heterocycles. The van der Waals surface area contributed by atoms with Crippen LogP contribution in [0.15, 0.2) is 6.20 Å². The Morgan fingerprint density at radius 2 is 2.33 bits per heavy atom. The molecule has 4 nitrogen and oxygen atoms in total. The van der Waals surface area contributed by atoms with Crippen molar-refractivity contribution >= 4 is 17.2 Å². The molecule has 0 spiro atoms. The quantitative estimate of drug-likeness (QED) is 0.808. The number of aromatic nitrogens is 1. The van der Waals surface area contributed by atoms with Crippen LogP contribution in [0, 0.1) is 0 Å². The van der Waals surface area contributed by atoms with E-state index in [1.54, 1.807) is 6.20 Å². The lowest BCUT2D eigenvalue weighted by Gasteiger charge is -2.26. The van der Waals surface area contributed by atoms with Crippen LogP contribution in [0.1, 0.15) is 21.6 Å². The number of carbonyl (C=O) groups excluding carboxylic acids is 1. The normalized spacial score (nSPS) is 16.7. The zero-order valence-corrected chi connectivity index (χ0v) is 9.64. The van der Waals surface area contributed by atoms with Gasteiger partial charge in [0.15, 0.2) is 0 Å². The van der Waals surface area contributed by atoms with Crippen molar-refractivity contribution < 1.29 is 4.79 Å². The fourth-order valence-corrected chi connectivity index (χ4v) is 2.42. The molecule has 0 atom stereocenters. The first-order chi connectivity index (χ1) is 7.31. The molecule has 1 fully saturated rings. The van der Waals surface area contributed by atoms with E-state index in [0.29, 0.717) is 0 Å². The molecule has 1 N–H and O–H groups in total. The van der Waals surface area contributed by atoms with Crippen molar-refractivity contribution in [2.24, 2.45) is 0 Å². The highest BCUT2D eigenvalue weighted by Gasteiger charge is 2.19. The molecule has 1 saturated heterocycles. The summed E-state index contributed by atoms with van der Waals surface area (Å²) in [5.41, 5.74) is 0. The second kappa shape index (κ2) is 4.72. The summed E-state index contributed by atoms with van der Waals surface area (Å²) in [6.07, 6.45) is 2.60. The zero-order chi connectivity index (χ0) is 10.7. The van der Waals surface area contributed by atoms with Crippen LogP contribution < -0.4 is 5.32 Å². The van der Waals surface area contributed by atoms with E-state index in [-0.39, 0.29) is 5.91 Å². The molecule has 0 aromatic carbocycles. The lowest BCUT2D eigenvalue weighted by molar-refractivity contribution is 0.0740. The standard InChI is InChI=1S/C10H15N3OS/c1-2-9-12-7-8(15-9)10(14)13-5-3-11-4-6-13/h7,11H,2-6H2,1H3. The van der Waals surface area contributed by atoms with Gasteiger partial charge in [-0.2, -0.15) is 0 Å². The molecule has 1 aliphatic rings. The second-order valence-electron chi connectivity index (χ2n) is 3.51. The van der Waals surface area contributed by atoms with E-state index < -0.39 is 0 Å². The Bertz CT molecular complexity index is 344. The molecule has 0 bridgehead atoms. The summed E-state index contributed by atoms with van der Waals surface area (Å²) in [4.78, 5) is 18.9. The summed E-state index contributed by atoms with van der Waals surface area (Å²) in [7, 11) is 0. The summed E-state index contributed by atoms with van der Waals surface area (Å²) < 4.78 is 0. The molecule has 1 aromatic heterocycles. The van der Waals surface area contributed by atoms with Crippen molar-refractivity contribution in [3.8, 4) is 0 Å². The van der Waals surface area contributed by atoms with Crippen LogP contribution in [0.3, 0.4) is 0 Å². The van der Waals surface area contributed by atoms with Gasteiger partial charge >= 0.3 is 0 Å². The monoisotopic (exact) mass is 225 g/mol. The van der Waals surface area contributed by atoms with E-state index in [4.69, 9.17) is 0 Å². The third-order valence-electron chi connectivity index (χ3n) is 2.47. The molecule has 2 rings (SSSR count). The van der Waals surface area contributed by atoms with Crippen LogP contribution in [0.2, 0.25) is 0 Å². The molecule has 82 valence electrons. The second-order valence-corrected chi connectivity index (χ2v) is 4.63. The predicted octanol–water partition coefficient (Wildman–Crippen LogP) is 0.751. The van der Waals surface area contributed by atoms with Crippen LogP contribution in [0.4, 0.5) is 0 Å². The highest BCUT2D eigenvalue weighted by atomic mass is 32.1. The maximum absolute atomic E-state index is 12.0. The molecular formula is C10H15N3OS. The van der Waals surface area contributed by atoms with Gasteiger partial charge in [-0.05, 0) is 6.42 Å². The minimum atomic E-state index is 0.133. The number of aryl methyl sites for hydroxylation is 1. The average molecular weight is 225 g/mol. The molecule has 0 aliphatic carbocycles. The van der Waals surface area contributed by atoms with Gasteiger partial charge < -0.3 is 10.2 Å². The average Bonchev–Trinajstić information content (AvgIpc) is 2.78. The van der Waals surface area contributed by atoms with Gasteiger partial charge in [0.25, 0.3) is 5.91 Å². The SMILES string of the molecule is CCc1ncc(C(=O)N2CCNCC2)s1. The van der Waals surface area contributed by atoms with Crippen LogP contribution >= 0.6 is 11.3 Å². The van der Waals surface area contributed by atoms with Crippen molar-refractivity contribution in [3.05, 3.63) is 16.1 Å². The number of hydrogen-bond donors (Lipinski definition) is 1. The third-order valence-corrected chi connectivity index (χ3v) is 3.60. The lowest BCUT2D eigenvalue weighted by atomic mass is 10.3. The molecule has 1 amide bonds. The smallest absolute Gasteiger partial charge is 0.265 e. The number of amides is 1. The largest absolute Gasteiger partial charge is 0.335 e. The van der Waals surface area contributed by atoms with Gasteiger partial charge in [0, 0.05) is 26.2 Å². The number of rotatable bonds is 2. The number of thiazole rings is 1. The fourth-order valence-electron chi connectivity index (χ4n) is 1.60. The highest BCUT2D eigenvalue weighted by Crippen LogP contribution is 2.15. The van der Waals surface area contributed by atoms with E-state index in [1.807, 2.05) is 4.90 Å². The topological polar surface area (TPSA) is 45.2 Å². The molecule has 0 radical (unpaired) electrons. The Kier molecular flexibility index (Phi) is 3.33. The van der Waals surface area contributed by atoms with Crippen LogP contribution in [-0.2, 0) is 6.42 Å². The third kappa shape index (κ3) is 2.35. The van der Waals surface area contributed by atoms with Gasteiger partial charge in [-0.3, -0.25) is 4.79 Å². The molecule has 15 heavy (non-hydrogen) atoms. The first-order valence-corrected chi connectivity index (χ1v) is 6.07. The van der Waals surface area contributed by atoms with E-state index in [1.165, 1.54) is 11.3 Å². The Morgan fingerprint density at radius 3 is 2.93 bits per heavy atom. The number of carbonyl (C=O) groups is 1. The Hall–Kier alpha value is -0.940. The van der Waals surface area contributed by atoms with Crippen molar-refractivity contribution in [1.82, 2.24) is 15.2 Å². The minimum Gasteiger partial charge on any atom is -0.335 e. The number of nitrogens with one attached hydrogen (secondary N) is 1. The number of nitrogens with zero attached hydrogens (tertiary/aromatic N) is 2. The van der Waals surface area contributed by atoms with Crippen molar-refractivity contribution in [2.75, 3.05) is 26.2 Å². The van der Waals surface area contributed by atoms with Gasteiger partial charge in [-0.25, -0.2) is 4.98 Å². The molecule has 1 aliphatic heterocycles. The maximum atomic E-state index is 12.0. The Balaban J connectivity index is 2.05. The van der Waals surface area contributed by atoms with Gasteiger partial charge in [-0.1, -0.05) is 6.92 Å². The summed E-state index contributed by atoms with van der Waals surface area (Å²) >= 11 is 1.51. The fraction of sp³-hybridized carbons (Fsp3) is 0.600. The maximum Gasteiger partial charge on any atom is 0.265 e. The summed E-state index contributed by atoms with van der Waals surface area (Å²) in [6, 6.07) is 0. The molecule has 1 aromatic rings. The van der Waals surface area contributed by atoms with E-state index in [9.17, 15) is 4.79 Å². The van der Waals surface area contributed by atoms with Crippen molar-refractivity contribution in [3.63, 3.8) is 0 Å². The minimum absolute atomic E-state index is 0.133. The van der Waals surface area contributed by atoms with Crippen molar-refractivity contribution in [1.29, 1.82) is 0 Å². The molecule has 5 heteroatoms. The first-order valence-electron chi connectivity index (χ1n) is 5.26. The van der Waals surface area contributed by atoms with Crippen LogP contribution in [0.5, 0.6) is 0 Å². The molecule has 0 unspecified atom stereocenters. The summed E-state index contributed by atoms with van der Waals surface area (Å²) in [5.74, 6) is 0.133. The predicted molar refractivity (Wildman–Crippen MR) is 60.3 cm³/mol. The highest BCUT2D eigenvalue weighted by molar-refractivity contribution is 7.13. The lowest BCUT2D eigenvalue weighted by Crippen LogP contribution is -2.46. The number of piperazine rings is 1. The zero-order valence-electron chi connectivity index (χ0n) is 8.82. The van der Waals surface area contributed by atoms with Gasteiger partial charge in [-0.15, -0.1) is 11.3 Å². The van der Waals surface area contributed by atoms with Crippen LogP contribution in [0.25, 0.3) is 0 Å². The van der Waals surface area contributed by atoms with Crippen LogP contribution in [-0.4, -0.2) is 42.0 Å². The number of hydrogen-bond acceptors (Lipinski definition) is 4. The Labute approximate surface area is 93.3 Å². The molecular weight excluding hydrogens is 210 g/mol. The first kappa shape index (κ1) is 10.6. The van der Waals surface area contributed by atoms with E-state index in [0.717, 1.165) is 42.5 Å². The summed E-state index contributed by atoms with van der Waals surface area (Å²) in [6.45, 7) is 5.45. The van der Waals surface area contributed by atoms with Crippen molar-refractivity contribution in [2.45, 2.75) is 13.3 Å². The van der Waals surface area contributed by atoms with Gasteiger partial charge in [0.2, 0.25) is 0 Å². The summed E-state index contributed by atoms with van der Waals surface area (Å²) in [5, 5.41) is 4.27. The Morgan fingerprint density at radius 1 is 1.60 bits per heavy atom. The van der Waals surface area contributed by atoms with E-state index in [2.05, 4.69) is 17.2 Å². The molecule has 0 saturated carbocycles. The van der Waals surface area contributed by atoms with Gasteiger partial charge in [0.05, 0.1) is 11.2 Å². The van der Waals surface area contributed by atoms with Gasteiger partial charge in [0.1, 0.15) is 4.88 Å².